The van der Waals surface area contributed by atoms with Crippen molar-refractivity contribution >= 4 is 0 Å². The van der Waals surface area contributed by atoms with Crippen LogP contribution in [-0.2, 0) is 0 Å². The number of hydrogen-bond donors (Lipinski definition) is 1. The second kappa shape index (κ2) is 2.19. The average molecular weight is 87.2 g/mol. The molecule has 0 spiro atoms. The molecule has 0 bridgehead atoms. The van der Waals surface area contributed by atoms with Crippen LogP contribution >= 0.6 is 0 Å². The van der Waals surface area contributed by atoms with Gasteiger partial charge in [-0.05, 0) is 25.9 Å². The fourth-order valence-corrected chi connectivity index (χ4v) is 0.621. The molecule has 6 heavy (non-hydrogen) atoms. The van der Waals surface area contributed by atoms with E-state index in [-0.39, 0.29) is 6.40 Å². The molecule has 0 amide bonds. The molecule has 1 aliphatic rings. The lowest BCUT2D eigenvalue weighted by Gasteiger charge is -2.08. The third kappa shape index (κ3) is 0.977. The predicted molar refractivity (Wildman–Crippen MR) is 26.7 cm³/mol. The summed E-state index contributed by atoms with van der Waals surface area (Å²) >= 11 is 0. The van der Waals surface area contributed by atoms with Crippen molar-refractivity contribution in [3.63, 3.8) is 0 Å². The van der Waals surface area contributed by atoms with Gasteiger partial charge in [-0.3, -0.25) is 0 Å². The molecule has 0 aromatic carbocycles. The van der Waals surface area contributed by atoms with Crippen LogP contribution in [-0.4, -0.2) is 13.1 Å². The highest BCUT2D eigenvalue weighted by molar-refractivity contribution is 4.55. The molecule has 0 aliphatic carbocycles. The van der Waals surface area contributed by atoms with E-state index in [0.29, 0.717) is 6.54 Å². The Hall–Kier alpha value is -0.0400. The standard InChI is InChI=1S/C5H11N/c1-2-4-6-5-3-1/h6H,1-5H2/i2D/hD. The van der Waals surface area contributed by atoms with Crippen LogP contribution in [0.5, 0.6) is 0 Å². The minimum atomic E-state index is 0.00116. The van der Waals surface area contributed by atoms with Gasteiger partial charge in [-0.1, -0.05) is 6.42 Å². The van der Waals surface area contributed by atoms with Crippen molar-refractivity contribution in [2.45, 2.75) is 19.2 Å². The zero-order chi connectivity index (χ0) is 5.98. The number of piperidine rings is 1. The molecule has 1 fully saturated rings. The first-order valence-corrected chi connectivity index (χ1v) is 2.45. The van der Waals surface area contributed by atoms with E-state index in [9.17, 15) is 0 Å². The Morgan fingerprint density at radius 2 is 2.50 bits per heavy atom. The minimum Gasteiger partial charge on any atom is -0.317 e. The van der Waals surface area contributed by atoms with Gasteiger partial charge in [-0.2, -0.15) is 0 Å². The quantitative estimate of drug-likeness (QED) is 0.460. The van der Waals surface area contributed by atoms with E-state index in [1.54, 1.807) is 0 Å². The topological polar surface area (TPSA) is 12.0 Å². The van der Waals surface area contributed by atoms with Gasteiger partial charge in [-0.15, -0.1) is 0 Å². The number of hydrogen-bond acceptors (Lipinski definition) is 1. The fraction of sp³-hybridized carbons (Fsp3) is 1.00. The Bertz CT molecular complexity index is 68.8. The normalized spacial score (nSPS) is 44.3. The highest BCUT2D eigenvalue weighted by Crippen LogP contribution is 1.96. The largest absolute Gasteiger partial charge is 0.317 e. The van der Waals surface area contributed by atoms with Crippen molar-refractivity contribution in [1.82, 2.24) is 5.31 Å². The van der Waals surface area contributed by atoms with Crippen LogP contribution in [0.1, 0.15) is 20.6 Å². The van der Waals surface area contributed by atoms with Crippen LogP contribution in [0.2, 0.25) is 1.41 Å². The molecular formula is C5H11N. The van der Waals surface area contributed by atoms with Crippen LogP contribution in [0.15, 0.2) is 0 Å². The van der Waals surface area contributed by atoms with Crippen molar-refractivity contribution in [2.24, 2.45) is 0 Å². The highest BCUT2D eigenvalue weighted by atomic mass is 14.9. The summed E-state index contributed by atoms with van der Waals surface area (Å²) in [4.78, 5) is 0. The van der Waals surface area contributed by atoms with Gasteiger partial charge in [0, 0.05) is 1.37 Å². The molecule has 0 saturated carbocycles. The summed E-state index contributed by atoms with van der Waals surface area (Å²) < 4.78 is 14.4. The predicted octanol–water partition coefficient (Wildman–Crippen LogP) is 0.760. The van der Waals surface area contributed by atoms with Crippen molar-refractivity contribution in [2.75, 3.05) is 13.1 Å². The Morgan fingerprint density at radius 3 is 3.00 bits per heavy atom. The molecule has 1 N–H and O–H groups in total. The molecule has 0 radical (unpaired) electrons. The van der Waals surface area contributed by atoms with Gasteiger partial charge in [0.15, 0.2) is 0 Å². The molecular weight excluding hydrogens is 74.1 g/mol. The molecule has 0 aromatic rings. The molecule has 0 aromatic heterocycles. The molecule has 1 rings (SSSR count). The van der Waals surface area contributed by atoms with Crippen LogP contribution in [0, 0.1) is 0 Å². The van der Waals surface area contributed by atoms with Gasteiger partial charge in [0.2, 0.25) is 0 Å². The molecule has 36 valence electrons. The highest BCUT2D eigenvalue weighted by Gasteiger charge is 1.93. The molecule has 1 unspecified atom stereocenters. The summed E-state index contributed by atoms with van der Waals surface area (Å²) in [5.41, 5.74) is 0. The van der Waals surface area contributed by atoms with E-state index in [1.807, 2.05) is 0 Å². The van der Waals surface area contributed by atoms with Gasteiger partial charge >= 0.3 is 0 Å². The van der Waals surface area contributed by atoms with Crippen molar-refractivity contribution in [1.29, 1.82) is 0 Å². The SMILES string of the molecule is [2H]C1CCCN([2H])C1. The summed E-state index contributed by atoms with van der Waals surface area (Å²) in [6, 6.07) is 0. The van der Waals surface area contributed by atoms with E-state index in [1.165, 1.54) is 5.31 Å². The van der Waals surface area contributed by atoms with Crippen molar-refractivity contribution in [3.8, 4) is 0 Å². The van der Waals surface area contributed by atoms with Gasteiger partial charge in [-0.25, -0.2) is 0 Å². The summed E-state index contributed by atoms with van der Waals surface area (Å²) in [5, 5.41) is 1.47. The summed E-state index contributed by atoms with van der Waals surface area (Å²) in [7, 11) is 0. The van der Waals surface area contributed by atoms with Crippen LogP contribution in [0.4, 0.5) is 0 Å². The second-order valence-electron chi connectivity index (χ2n) is 1.56. The maximum Gasteiger partial charge on any atom is 0.122 e. The zero-order valence-corrected chi connectivity index (χ0v) is 3.85. The second-order valence-corrected chi connectivity index (χ2v) is 1.56. The number of rotatable bonds is 0. The zero-order valence-electron chi connectivity index (χ0n) is 5.85. The molecule has 1 aliphatic heterocycles. The monoisotopic (exact) mass is 87.1 g/mol. The maximum absolute atomic E-state index is 7.24. The Kier molecular flexibility index (Phi) is 0.845. The first-order chi connectivity index (χ1) is 3.79. The maximum atomic E-state index is 7.24. The van der Waals surface area contributed by atoms with Gasteiger partial charge in [0.1, 0.15) is 1.41 Å². The molecule has 1 nitrogen and oxygen atoms in total. The van der Waals surface area contributed by atoms with Crippen LogP contribution < -0.4 is 5.31 Å². The Morgan fingerprint density at radius 1 is 1.50 bits per heavy atom. The smallest absolute Gasteiger partial charge is 0.122 e. The Balaban J connectivity index is 2.23. The van der Waals surface area contributed by atoms with E-state index in [0.717, 1.165) is 19.4 Å². The Labute approximate surface area is 41.6 Å². The van der Waals surface area contributed by atoms with E-state index in [4.69, 9.17) is 2.78 Å². The van der Waals surface area contributed by atoms with Crippen molar-refractivity contribution < 1.29 is 2.78 Å². The minimum absolute atomic E-state index is 0.00116. The molecule has 1 atom stereocenters. The third-order valence-corrected chi connectivity index (χ3v) is 0.983. The summed E-state index contributed by atoms with van der Waals surface area (Å²) in [5.74, 6) is 0. The third-order valence-electron chi connectivity index (χ3n) is 0.983. The van der Waals surface area contributed by atoms with Crippen LogP contribution in [0.25, 0.3) is 0 Å². The molecule has 1 saturated heterocycles. The fourth-order valence-electron chi connectivity index (χ4n) is 0.621. The molecule has 1 heteroatoms. The van der Waals surface area contributed by atoms with E-state index >= 15 is 0 Å². The van der Waals surface area contributed by atoms with E-state index < -0.39 is 0 Å². The van der Waals surface area contributed by atoms with Crippen molar-refractivity contribution in [3.05, 3.63) is 0 Å². The first kappa shape index (κ1) is 2.31. The van der Waals surface area contributed by atoms with Gasteiger partial charge in [0.05, 0.1) is 0 Å². The number of nitrogens with one attached hydrogen (secondary N) is 1. The first-order valence-electron chi connectivity index (χ1n) is 3.47. The lowest BCUT2D eigenvalue weighted by Crippen LogP contribution is -2.21. The lowest BCUT2D eigenvalue weighted by molar-refractivity contribution is 0.520. The molecule has 1 heterocycles. The average Bonchev–Trinajstić information content (AvgIpc) is 1.64. The van der Waals surface area contributed by atoms with Gasteiger partial charge in [0.25, 0.3) is 0 Å². The van der Waals surface area contributed by atoms with Gasteiger partial charge < -0.3 is 5.31 Å². The summed E-state index contributed by atoms with van der Waals surface area (Å²) in [6.45, 7) is 1.50. The lowest BCUT2D eigenvalue weighted by atomic mass is 10.2. The van der Waals surface area contributed by atoms with Crippen LogP contribution in [0.3, 0.4) is 0 Å². The summed E-state index contributed by atoms with van der Waals surface area (Å²) in [6.07, 6.45) is 2.01. The van der Waals surface area contributed by atoms with E-state index in [2.05, 4.69) is 0 Å².